The van der Waals surface area contributed by atoms with Crippen LogP contribution in [0.15, 0.2) is 54.6 Å². The summed E-state index contributed by atoms with van der Waals surface area (Å²) in [4.78, 5) is 24.2. The minimum atomic E-state index is -1.79. The lowest BCUT2D eigenvalue weighted by atomic mass is 9.88. The van der Waals surface area contributed by atoms with Gasteiger partial charge in [0.25, 0.3) is 5.91 Å². The molecule has 1 aliphatic heterocycles. The second-order valence-electron chi connectivity index (χ2n) is 4.83. The van der Waals surface area contributed by atoms with Crippen LogP contribution in [0.4, 0.5) is 5.69 Å². The normalized spacial score (nSPS) is 20.4. The third-order valence-corrected chi connectivity index (χ3v) is 3.51. The van der Waals surface area contributed by atoms with Crippen LogP contribution in [0, 0.1) is 0 Å². The van der Waals surface area contributed by atoms with Crippen molar-refractivity contribution in [3.8, 4) is 0 Å². The number of carbonyl (C=O) groups excluding carboxylic acids is 2. The Balaban J connectivity index is 1.94. The molecule has 1 aliphatic rings. The number of fused-ring (bicyclic) bond motifs is 1. The summed E-state index contributed by atoms with van der Waals surface area (Å²) in [7, 11) is 0. The number of anilines is 1. The van der Waals surface area contributed by atoms with Crippen LogP contribution in [0.3, 0.4) is 0 Å². The molecule has 0 saturated heterocycles. The van der Waals surface area contributed by atoms with E-state index in [4.69, 9.17) is 0 Å². The monoisotopic (exact) mass is 267 g/mol. The van der Waals surface area contributed by atoms with E-state index in [0.29, 0.717) is 16.8 Å². The molecule has 1 heterocycles. The number of amides is 1. The number of hydrogen-bond donors (Lipinski definition) is 2. The van der Waals surface area contributed by atoms with Crippen LogP contribution in [-0.2, 0) is 10.4 Å². The summed E-state index contributed by atoms with van der Waals surface area (Å²) in [6, 6.07) is 15.5. The molecule has 3 rings (SSSR count). The first-order valence-corrected chi connectivity index (χ1v) is 6.33. The van der Waals surface area contributed by atoms with E-state index >= 15 is 0 Å². The van der Waals surface area contributed by atoms with E-state index in [-0.39, 0.29) is 12.2 Å². The number of para-hydroxylation sites is 1. The maximum Gasteiger partial charge on any atom is 0.261 e. The average molecular weight is 267 g/mol. The summed E-state index contributed by atoms with van der Waals surface area (Å²) < 4.78 is 0. The van der Waals surface area contributed by atoms with Crippen LogP contribution < -0.4 is 5.32 Å². The molecule has 0 fully saturated rings. The molecule has 1 amide bonds. The molecule has 0 saturated carbocycles. The lowest BCUT2D eigenvalue weighted by molar-refractivity contribution is -0.133. The van der Waals surface area contributed by atoms with Crippen molar-refractivity contribution in [1.82, 2.24) is 0 Å². The predicted molar refractivity (Wildman–Crippen MR) is 74.4 cm³/mol. The number of ketones is 1. The average Bonchev–Trinajstić information content (AvgIpc) is 2.72. The highest BCUT2D eigenvalue weighted by molar-refractivity contribution is 6.09. The Morgan fingerprint density at radius 1 is 1.05 bits per heavy atom. The highest BCUT2D eigenvalue weighted by Crippen LogP contribution is 2.38. The van der Waals surface area contributed by atoms with Gasteiger partial charge in [-0.2, -0.15) is 0 Å². The van der Waals surface area contributed by atoms with Crippen LogP contribution >= 0.6 is 0 Å². The molecule has 4 heteroatoms. The van der Waals surface area contributed by atoms with Gasteiger partial charge in [0.05, 0.1) is 6.42 Å². The first-order valence-electron chi connectivity index (χ1n) is 6.33. The number of carbonyl (C=O) groups is 2. The Morgan fingerprint density at radius 2 is 1.70 bits per heavy atom. The molecule has 2 aromatic carbocycles. The van der Waals surface area contributed by atoms with E-state index in [9.17, 15) is 14.7 Å². The van der Waals surface area contributed by atoms with Crippen LogP contribution in [0.1, 0.15) is 22.3 Å². The molecule has 2 aromatic rings. The van der Waals surface area contributed by atoms with Gasteiger partial charge < -0.3 is 10.4 Å². The lowest BCUT2D eigenvalue weighted by Crippen LogP contribution is -2.36. The topological polar surface area (TPSA) is 66.4 Å². The minimum absolute atomic E-state index is 0.264. The van der Waals surface area contributed by atoms with Gasteiger partial charge in [0.15, 0.2) is 11.4 Å². The van der Waals surface area contributed by atoms with Gasteiger partial charge in [-0.25, -0.2) is 0 Å². The highest BCUT2D eigenvalue weighted by Gasteiger charge is 2.46. The standard InChI is InChI=1S/C16H13NO3/c18-14(11-6-2-1-3-7-11)10-16(20)12-8-4-5-9-13(12)17-15(16)19/h1-9,20H,10H2,(H,17,19)/t16-/m0/s1. The van der Waals surface area contributed by atoms with Crippen molar-refractivity contribution >= 4 is 17.4 Å². The molecule has 0 radical (unpaired) electrons. The summed E-state index contributed by atoms with van der Waals surface area (Å²) in [5.74, 6) is -0.817. The Morgan fingerprint density at radius 3 is 2.45 bits per heavy atom. The quantitative estimate of drug-likeness (QED) is 0.837. The van der Waals surface area contributed by atoms with Crippen molar-refractivity contribution in [1.29, 1.82) is 0 Å². The van der Waals surface area contributed by atoms with Gasteiger partial charge in [0.1, 0.15) is 0 Å². The van der Waals surface area contributed by atoms with Crippen LogP contribution in [-0.4, -0.2) is 16.8 Å². The van der Waals surface area contributed by atoms with Gasteiger partial charge in [-0.15, -0.1) is 0 Å². The molecule has 20 heavy (non-hydrogen) atoms. The fraction of sp³-hybridized carbons (Fsp3) is 0.125. The summed E-state index contributed by atoms with van der Waals surface area (Å²) in [6.07, 6.45) is -0.264. The Hall–Kier alpha value is -2.46. The number of rotatable bonds is 3. The lowest BCUT2D eigenvalue weighted by Gasteiger charge is -2.19. The summed E-state index contributed by atoms with van der Waals surface area (Å²) in [6.45, 7) is 0. The third-order valence-electron chi connectivity index (χ3n) is 3.51. The Kier molecular flexibility index (Phi) is 2.88. The maximum atomic E-state index is 12.2. The maximum absolute atomic E-state index is 12.2. The van der Waals surface area contributed by atoms with Gasteiger partial charge in [-0.1, -0.05) is 48.5 Å². The third kappa shape index (κ3) is 1.90. The van der Waals surface area contributed by atoms with Crippen molar-refractivity contribution in [2.45, 2.75) is 12.0 Å². The summed E-state index contributed by atoms with van der Waals surface area (Å²) in [5.41, 5.74) is -0.294. The largest absolute Gasteiger partial charge is 0.375 e. The predicted octanol–water partition coefficient (Wildman–Crippen LogP) is 2.10. The van der Waals surface area contributed by atoms with Gasteiger partial charge in [-0.3, -0.25) is 9.59 Å². The van der Waals surface area contributed by atoms with Crippen LogP contribution in [0.5, 0.6) is 0 Å². The van der Waals surface area contributed by atoms with E-state index in [0.717, 1.165) is 0 Å². The number of hydrogen-bond acceptors (Lipinski definition) is 3. The van der Waals surface area contributed by atoms with Crippen molar-refractivity contribution in [2.24, 2.45) is 0 Å². The van der Waals surface area contributed by atoms with E-state index in [1.54, 1.807) is 48.5 Å². The molecule has 0 bridgehead atoms. The van der Waals surface area contributed by atoms with Gasteiger partial charge >= 0.3 is 0 Å². The first kappa shape index (κ1) is 12.6. The van der Waals surface area contributed by atoms with Crippen LogP contribution in [0.25, 0.3) is 0 Å². The molecule has 4 nitrogen and oxygen atoms in total. The molecular formula is C16H13NO3. The van der Waals surface area contributed by atoms with E-state index in [2.05, 4.69) is 5.32 Å². The van der Waals surface area contributed by atoms with Crippen molar-refractivity contribution in [2.75, 3.05) is 5.32 Å². The second kappa shape index (κ2) is 4.58. The van der Waals surface area contributed by atoms with Crippen molar-refractivity contribution in [3.05, 3.63) is 65.7 Å². The van der Waals surface area contributed by atoms with E-state index in [1.165, 1.54) is 0 Å². The number of nitrogens with one attached hydrogen (secondary N) is 1. The van der Waals surface area contributed by atoms with Gasteiger partial charge in [0, 0.05) is 16.8 Å². The molecule has 0 unspecified atom stereocenters. The zero-order valence-electron chi connectivity index (χ0n) is 10.7. The number of aliphatic hydroxyl groups is 1. The van der Waals surface area contributed by atoms with E-state index in [1.807, 2.05) is 6.07 Å². The molecule has 0 spiro atoms. The minimum Gasteiger partial charge on any atom is -0.375 e. The zero-order valence-corrected chi connectivity index (χ0v) is 10.7. The molecule has 1 atom stereocenters. The first-order chi connectivity index (χ1) is 9.61. The number of benzene rings is 2. The van der Waals surface area contributed by atoms with Gasteiger partial charge in [0.2, 0.25) is 0 Å². The van der Waals surface area contributed by atoms with Crippen molar-refractivity contribution in [3.63, 3.8) is 0 Å². The molecule has 0 aliphatic carbocycles. The molecule has 100 valence electrons. The zero-order chi connectivity index (χ0) is 14.2. The fourth-order valence-corrected chi connectivity index (χ4v) is 2.43. The Bertz CT molecular complexity index is 681. The van der Waals surface area contributed by atoms with E-state index < -0.39 is 11.5 Å². The van der Waals surface area contributed by atoms with Crippen LogP contribution in [0.2, 0.25) is 0 Å². The molecule has 0 aromatic heterocycles. The Labute approximate surface area is 116 Å². The summed E-state index contributed by atoms with van der Waals surface area (Å²) in [5, 5.41) is 13.2. The van der Waals surface area contributed by atoms with Crippen molar-refractivity contribution < 1.29 is 14.7 Å². The highest BCUT2D eigenvalue weighted by atomic mass is 16.3. The second-order valence-corrected chi connectivity index (χ2v) is 4.83. The number of Topliss-reactive ketones (excluding diaryl/α,β-unsaturated/α-hetero) is 1. The smallest absolute Gasteiger partial charge is 0.261 e. The SMILES string of the molecule is O=C(C[C@@]1(O)C(=O)Nc2ccccc21)c1ccccc1. The molecule has 2 N–H and O–H groups in total. The molecular weight excluding hydrogens is 254 g/mol. The fourth-order valence-electron chi connectivity index (χ4n) is 2.43. The van der Waals surface area contributed by atoms with Gasteiger partial charge in [-0.05, 0) is 6.07 Å². The summed E-state index contributed by atoms with van der Waals surface area (Å²) >= 11 is 0.